The molecular weight excluding hydrogens is 326 g/mol. The van der Waals surface area contributed by atoms with Crippen molar-refractivity contribution in [1.29, 1.82) is 0 Å². The van der Waals surface area contributed by atoms with Crippen LogP contribution in [0, 0.1) is 0 Å². The van der Waals surface area contributed by atoms with Gasteiger partial charge in [-0.2, -0.15) is 0 Å². The molecule has 0 radical (unpaired) electrons. The highest BCUT2D eigenvalue weighted by Crippen LogP contribution is 2.17. The molecule has 0 N–H and O–H groups in total. The molecule has 1 amide bonds. The zero-order valence-electron chi connectivity index (χ0n) is 15.6. The van der Waals surface area contributed by atoms with E-state index in [2.05, 4.69) is 11.9 Å². The molecule has 0 aliphatic heterocycles. The number of hydrogen-bond donors (Lipinski definition) is 0. The molecule has 5 nitrogen and oxygen atoms in total. The second-order valence-electron chi connectivity index (χ2n) is 6.28. The molecule has 0 aliphatic carbocycles. The van der Waals surface area contributed by atoms with Crippen LogP contribution >= 0.6 is 0 Å². The summed E-state index contributed by atoms with van der Waals surface area (Å²) in [7, 11) is 1.84. The summed E-state index contributed by atoms with van der Waals surface area (Å²) < 4.78 is 7.48. The lowest BCUT2D eigenvalue weighted by Crippen LogP contribution is -2.30. The van der Waals surface area contributed by atoms with Crippen molar-refractivity contribution in [2.45, 2.75) is 33.4 Å². The number of rotatable bonds is 7. The van der Waals surface area contributed by atoms with E-state index in [1.165, 1.54) is 0 Å². The van der Waals surface area contributed by atoms with E-state index in [0.717, 1.165) is 34.6 Å². The Morgan fingerprint density at radius 3 is 2.54 bits per heavy atom. The first-order valence-corrected chi connectivity index (χ1v) is 9.02. The molecule has 0 atom stereocenters. The lowest BCUT2D eigenvalue weighted by atomic mass is 10.2. The highest BCUT2D eigenvalue weighted by molar-refractivity contribution is 5.81. The predicted molar refractivity (Wildman–Crippen MR) is 103 cm³/mol. The summed E-state index contributed by atoms with van der Waals surface area (Å²) in [5.41, 5.74) is 3.02. The third-order valence-corrected chi connectivity index (χ3v) is 4.42. The first kappa shape index (κ1) is 18.0. The van der Waals surface area contributed by atoms with Crippen molar-refractivity contribution in [1.82, 2.24) is 14.5 Å². The van der Waals surface area contributed by atoms with Gasteiger partial charge in [-0.1, -0.05) is 31.2 Å². The number of carbonyl (C=O) groups is 1. The Balaban J connectivity index is 1.71. The molecule has 0 saturated carbocycles. The first-order valence-electron chi connectivity index (χ1n) is 9.02. The van der Waals surface area contributed by atoms with Gasteiger partial charge in [0, 0.05) is 20.0 Å². The number of carbonyl (C=O) groups excluding carboxylic acids is 1. The number of aromatic nitrogens is 2. The molecule has 136 valence electrons. The molecule has 0 fully saturated rings. The number of fused-ring (bicyclic) bond motifs is 1. The summed E-state index contributed by atoms with van der Waals surface area (Å²) in [6, 6.07) is 15.8. The van der Waals surface area contributed by atoms with Gasteiger partial charge in [-0.25, -0.2) is 4.98 Å². The van der Waals surface area contributed by atoms with E-state index in [9.17, 15) is 4.79 Å². The van der Waals surface area contributed by atoms with Crippen molar-refractivity contribution in [2.75, 3.05) is 13.7 Å². The zero-order valence-corrected chi connectivity index (χ0v) is 15.6. The molecule has 2 aromatic carbocycles. The molecule has 0 bridgehead atoms. The number of amides is 1. The molecule has 0 aliphatic rings. The fraction of sp³-hybridized carbons (Fsp3) is 0.333. The Bertz CT molecular complexity index is 884. The van der Waals surface area contributed by atoms with Crippen molar-refractivity contribution >= 4 is 16.9 Å². The quantitative estimate of drug-likeness (QED) is 0.653. The Hall–Kier alpha value is -2.82. The van der Waals surface area contributed by atoms with Crippen LogP contribution in [-0.4, -0.2) is 34.0 Å². The molecule has 1 aromatic heterocycles. The minimum atomic E-state index is 0.0664. The minimum absolute atomic E-state index is 0.0664. The van der Waals surface area contributed by atoms with Crippen LogP contribution in [0.15, 0.2) is 48.5 Å². The maximum atomic E-state index is 12.7. The maximum Gasteiger partial charge on any atom is 0.242 e. The molecule has 0 saturated heterocycles. The molecule has 0 spiro atoms. The van der Waals surface area contributed by atoms with Gasteiger partial charge >= 0.3 is 0 Å². The van der Waals surface area contributed by atoms with E-state index in [1.54, 1.807) is 4.90 Å². The highest BCUT2D eigenvalue weighted by atomic mass is 16.5. The number of ether oxygens (including phenoxy) is 1. The summed E-state index contributed by atoms with van der Waals surface area (Å²) in [4.78, 5) is 19.1. The first-order chi connectivity index (χ1) is 12.6. The number of nitrogens with zero attached hydrogens (tertiary/aromatic N) is 3. The second-order valence-corrected chi connectivity index (χ2v) is 6.28. The molecule has 3 rings (SSSR count). The van der Waals surface area contributed by atoms with E-state index in [0.29, 0.717) is 19.7 Å². The van der Waals surface area contributed by atoms with Crippen molar-refractivity contribution in [3.05, 3.63) is 59.9 Å². The van der Waals surface area contributed by atoms with Crippen LogP contribution in [0.2, 0.25) is 0 Å². The Morgan fingerprint density at radius 1 is 1.12 bits per heavy atom. The average Bonchev–Trinajstić information content (AvgIpc) is 3.01. The summed E-state index contributed by atoms with van der Waals surface area (Å²) in [5.74, 6) is 1.86. The normalized spacial score (nSPS) is 10.9. The van der Waals surface area contributed by atoms with Crippen LogP contribution in [0.3, 0.4) is 0 Å². The number of aryl methyl sites for hydroxylation is 1. The fourth-order valence-corrected chi connectivity index (χ4v) is 3.05. The predicted octanol–water partition coefficient (Wildman–Crippen LogP) is 3.66. The SMILES string of the molecule is CCOc1ccc(CN(C)C(=O)Cn2c(CC)nc3ccccc32)cc1. The van der Waals surface area contributed by atoms with E-state index in [4.69, 9.17) is 4.74 Å². The van der Waals surface area contributed by atoms with Gasteiger partial charge in [0.15, 0.2) is 0 Å². The van der Waals surface area contributed by atoms with Crippen LogP contribution < -0.4 is 4.74 Å². The molecular formula is C21H25N3O2. The van der Waals surface area contributed by atoms with Crippen LogP contribution in [0.25, 0.3) is 11.0 Å². The number of imidazole rings is 1. The Labute approximate surface area is 154 Å². The number of hydrogen-bond acceptors (Lipinski definition) is 3. The number of likely N-dealkylation sites (N-methyl/N-ethyl adjacent to an activating group) is 1. The fourth-order valence-electron chi connectivity index (χ4n) is 3.05. The third kappa shape index (κ3) is 3.87. The van der Waals surface area contributed by atoms with E-state index in [-0.39, 0.29) is 5.91 Å². The van der Waals surface area contributed by atoms with Gasteiger partial charge < -0.3 is 14.2 Å². The smallest absolute Gasteiger partial charge is 0.242 e. The molecule has 5 heteroatoms. The maximum absolute atomic E-state index is 12.7. The molecule has 1 heterocycles. The second kappa shape index (κ2) is 8.04. The summed E-state index contributed by atoms with van der Waals surface area (Å²) in [6.07, 6.45) is 0.796. The molecule has 0 unspecified atom stereocenters. The van der Waals surface area contributed by atoms with Gasteiger partial charge in [0.1, 0.15) is 18.1 Å². The van der Waals surface area contributed by atoms with Crippen molar-refractivity contribution in [3.8, 4) is 5.75 Å². The highest BCUT2D eigenvalue weighted by Gasteiger charge is 2.15. The summed E-state index contributed by atoms with van der Waals surface area (Å²) >= 11 is 0. The van der Waals surface area contributed by atoms with E-state index >= 15 is 0 Å². The topological polar surface area (TPSA) is 47.4 Å². The van der Waals surface area contributed by atoms with Gasteiger partial charge in [-0.05, 0) is 36.8 Å². The van der Waals surface area contributed by atoms with E-state index in [1.807, 2.05) is 67.1 Å². The van der Waals surface area contributed by atoms with E-state index < -0.39 is 0 Å². The lowest BCUT2D eigenvalue weighted by Gasteiger charge is -2.19. The van der Waals surface area contributed by atoms with Gasteiger partial charge in [-0.3, -0.25) is 4.79 Å². The summed E-state index contributed by atoms with van der Waals surface area (Å²) in [5, 5.41) is 0. The largest absolute Gasteiger partial charge is 0.494 e. The Morgan fingerprint density at radius 2 is 1.85 bits per heavy atom. The lowest BCUT2D eigenvalue weighted by molar-refractivity contribution is -0.131. The number of benzene rings is 2. The Kier molecular flexibility index (Phi) is 5.56. The van der Waals surface area contributed by atoms with Crippen LogP contribution in [-0.2, 0) is 24.3 Å². The van der Waals surface area contributed by atoms with Crippen LogP contribution in [0.4, 0.5) is 0 Å². The van der Waals surface area contributed by atoms with Crippen molar-refractivity contribution in [2.24, 2.45) is 0 Å². The number of para-hydroxylation sites is 2. The third-order valence-electron chi connectivity index (χ3n) is 4.42. The van der Waals surface area contributed by atoms with Crippen LogP contribution in [0.5, 0.6) is 5.75 Å². The standard InChI is InChI=1S/C21H25N3O2/c1-4-20-22-18-8-6-7-9-19(18)24(20)15-21(25)23(3)14-16-10-12-17(13-11-16)26-5-2/h6-13H,4-5,14-15H2,1-3H3. The van der Waals surface area contributed by atoms with Gasteiger partial charge in [0.2, 0.25) is 5.91 Å². The van der Waals surface area contributed by atoms with Gasteiger partial charge in [-0.15, -0.1) is 0 Å². The van der Waals surface area contributed by atoms with Gasteiger partial charge in [0.05, 0.1) is 17.6 Å². The van der Waals surface area contributed by atoms with Crippen molar-refractivity contribution < 1.29 is 9.53 Å². The molecule has 3 aromatic rings. The average molecular weight is 351 g/mol. The zero-order chi connectivity index (χ0) is 18.5. The monoisotopic (exact) mass is 351 g/mol. The van der Waals surface area contributed by atoms with Gasteiger partial charge in [0.25, 0.3) is 0 Å². The van der Waals surface area contributed by atoms with Crippen LogP contribution in [0.1, 0.15) is 25.2 Å². The molecule has 26 heavy (non-hydrogen) atoms. The minimum Gasteiger partial charge on any atom is -0.494 e. The summed E-state index contributed by atoms with van der Waals surface area (Å²) in [6.45, 7) is 5.55. The van der Waals surface area contributed by atoms with Crippen molar-refractivity contribution in [3.63, 3.8) is 0 Å².